The largest absolute Gasteiger partial charge is 0.477 e. The van der Waals surface area contributed by atoms with Crippen LogP contribution in [0.5, 0.6) is 0 Å². The van der Waals surface area contributed by atoms with Gasteiger partial charge >= 0.3 is 0 Å². The van der Waals surface area contributed by atoms with Gasteiger partial charge < -0.3 is 9.47 Å². The summed E-state index contributed by atoms with van der Waals surface area (Å²) in [6.45, 7) is 1.32. The molecular formula is C20H18N2O2S. The van der Waals surface area contributed by atoms with Crippen molar-refractivity contribution in [1.29, 1.82) is 0 Å². The Bertz CT molecular complexity index is 897. The molecule has 2 aromatic rings. The van der Waals surface area contributed by atoms with Crippen LogP contribution in [0, 0.1) is 5.92 Å². The van der Waals surface area contributed by atoms with Crippen molar-refractivity contribution in [3.63, 3.8) is 0 Å². The standard InChI is InChI=1S/C20H18N2O2S/c1-3-7-15-13(5-1)11-23-19(21-15)17-9-10-18(25-17)20-22-16-8-4-2-6-14(16)12-24-20/h1,3-5,7-10,14,16H,2,6,11-12H2. The Morgan fingerprint density at radius 2 is 1.88 bits per heavy atom. The molecule has 0 spiro atoms. The summed E-state index contributed by atoms with van der Waals surface area (Å²) in [5.74, 6) is 1.96. The highest BCUT2D eigenvalue weighted by atomic mass is 32.1. The maximum absolute atomic E-state index is 5.94. The molecule has 0 radical (unpaired) electrons. The summed E-state index contributed by atoms with van der Waals surface area (Å²) >= 11 is 1.62. The fourth-order valence-corrected chi connectivity index (χ4v) is 4.32. The van der Waals surface area contributed by atoms with E-state index in [0.717, 1.165) is 46.4 Å². The first-order valence-corrected chi connectivity index (χ1v) is 9.46. The lowest BCUT2D eigenvalue weighted by atomic mass is 9.90. The van der Waals surface area contributed by atoms with E-state index in [1.54, 1.807) is 11.3 Å². The average molecular weight is 350 g/mol. The summed E-state index contributed by atoms with van der Waals surface area (Å²) < 4.78 is 11.8. The summed E-state index contributed by atoms with van der Waals surface area (Å²) in [5, 5.41) is 0. The zero-order valence-electron chi connectivity index (χ0n) is 13.7. The van der Waals surface area contributed by atoms with Crippen LogP contribution in [0.3, 0.4) is 0 Å². The van der Waals surface area contributed by atoms with Crippen molar-refractivity contribution in [2.75, 3.05) is 6.61 Å². The second-order valence-corrected chi connectivity index (χ2v) is 7.58. The van der Waals surface area contributed by atoms with Crippen molar-refractivity contribution >= 4 is 28.8 Å². The maximum atomic E-state index is 5.94. The number of nitrogens with zero attached hydrogens (tertiary/aromatic N) is 2. The molecule has 5 rings (SSSR count). The van der Waals surface area contributed by atoms with Crippen molar-refractivity contribution in [2.45, 2.75) is 25.5 Å². The van der Waals surface area contributed by atoms with Crippen LogP contribution in [-0.2, 0) is 16.1 Å². The topological polar surface area (TPSA) is 43.2 Å². The smallest absolute Gasteiger partial charge is 0.232 e. The highest BCUT2D eigenvalue weighted by Gasteiger charge is 2.28. The molecule has 3 aliphatic rings. The second-order valence-electron chi connectivity index (χ2n) is 6.50. The van der Waals surface area contributed by atoms with Gasteiger partial charge in [0.1, 0.15) is 6.61 Å². The van der Waals surface area contributed by atoms with Gasteiger partial charge in [0.2, 0.25) is 11.8 Å². The van der Waals surface area contributed by atoms with Crippen LogP contribution < -0.4 is 0 Å². The Hall–Kier alpha value is -2.40. The minimum Gasteiger partial charge on any atom is -0.477 e. The van der Waals surface area contributed by atoms with Crippen molar-refractivity contribution in [3.8, 4) is 0 Å². The molecule has 25 heavy (non-hydrogen) atoms. The Balaban J connectivity index is 1.43. The van der Waals surface area contributed by atoms with Crippen LogP contribution in [0.2, 0.25) is 0 Å². The molecule has 5 heteroatoms. The number of thiophene rings is 1. The van der Waals surface area contributed by atoms with E-state index in [9.17, 15) is 0 Å². The second kappa shape index (κ2) is 6.15. The summed E-state index contributed by atoms with van der Waals surface area (Å²) in [7, 11) is 0. The summed E-state index contributed by atoms with van der Waals surface area (Å²) in [5.41, 5.74) is 2.11. The number of fused-ring (bicyclic) bond motifs is 2. The number of rotatable bonds is 2. The lowest BCUT2D eigenvalue weighted by Crippen LogP contribution is -2.31. The van der Waals surface area contributed by atoms with E-state index in [0.29, 0.717) is 18.4 Å². The fourth-order valence-electron chi connectivity index (χ4n) is 3.42. The van der Waals surface area contributed by atoms with Gasteiger partial charge in [-0.3, -0.25) is 0 Å². The Morgan fingerprint density at radius 3 is 2.84 bits per heavy atom. The number of aliphatic imine (C=N–C) groups is 2. The average Bonchev–Trinajstić information content (AvgIpc) is 3.17. The molecule has 1 aromatic heterocycles. The molecule has 0 saturated carbocycles. The van der Waals surface area contributed by atoms with E-state index in [-0.39, 0.29) is 6.04 Å². The SMILES string of the molecule is C1=CC2N=C(c3ccc(C4=Nc5ccccc5CO4)s3)OCC2CC1. The number of para-hydroxylation sites is 1. The number of benzene rings is 1. The van der Waals surface area contributed by atoms with Crippen molar-refractivity contribution < 1.29 is 9.47 Å². The van der Waals surface area contributed by atoms with E-state index in [2.05, 4.69) is 23.2 Å². The Labute approximate surface area is 150 Å². The van der Waals surface area contributed by atoms with Gasteiger partial charge in [0, 0.05) is 11.5 Å². The first kappa shape index (κ1) is 14.9. The minimum absolute atomic E-state index is 0.262. The van der Waals surface area contributed by atoms with Gasteiger partial charge in [-0.2, -0.15) is 0 Å². The summed E-state index contributed by atoms with van der Waals surface area (Å²) in [6, 6.07) is 12.4. The first-order valence-electron chi connectivity index (χ1n) is 8.64. The lowest BCUT2D eigenvalue weighted by molar-refractivity contribution is 0.192. The third-order valence-electron chi connectivity index (χ3n) is 4.83. The first-order chi connectivity index (χ1) is 12.4. The fraction of sp³-hybridized carbons (Fsp3) is 0.300. The van der Waals surface area contributed by atoms with Crippen LogP contribution in [0.15, 0.2) is 58.5 Å². The molecule has 0 N–H and O–H groups in total. The van der Waals surface area contributed by atoms with Gasteiger partial charge in [-0.15, -0.1) is 11.3 Å². The van der Waals surface area contributed by atoms with E-state index in [1.165, 1.54) is 0 Å². The molecule has 4 nitrogen and oxygen atoms in total. The Morgan fingerprint density at radius 1 is 1.00 bits per heavy atom. The van der Waals surface area contributed by atoms with E-state index in [4.69, 9.17) is 14.5 Å². The van der Waals surface area contributed by atoms with Gasteiger partial charge in [0.05, 0.1) is 28.1 Å². The van der Waals surface area contributed by atoms with E-state index >= 15 is 0 Å². The maximum Gasteiger partial charge on any atom is 0.232 e. The molecule has 1 aromatic carbocycles. The zero-order valence-corrected chi connectivity index (χ0v) is 14.5. The summed E-state index contributed by atoms with van der Waals surface area (Å²) in [4.78, 5) is 11.5. The molecule has 0 saturated heterocycles. The zero-order chi connectivity index (χ0) is 16.6. The van der Waals surface area contributed by atoms with Crippen LogP contribution in [0.4, 0.5) is 5.69 Å². The molecule has 2 aliphatic heterocycles. The van der Waals surface area contributed by atoms with Crippen molar-refractivity contribution in [1.82, 2.24) is 0 Å². The molecule has 0 bridgehead atoms. The van der Waals surface area contributed by atoms with E-state index in [1.807, 2.05) is 30.3 Å². The van der Waals surface area contributed by atoms with Gasteiger partial charge in [0.15, 0.2) is 0 Å². The molecule has 1 aliphatic carbocycles. The third kappa shape index (κ3) is 2.78. The number of hydrogen-bond donors (Lipinski definition) is 0. The molecular weight excluding hydrogens is 332 g/mol. The minimum atomic E-state index is 0.262. The molecule has 3 heterocycles. The number of ether oxygens (including phenoxy) is 2. The van der Waals surface area contributed by atoms with Crippen LogP contribution >= 0.6 is 11.3 Å². The third-order valence-corrected chi connectivity index (χ3v) is 5.89. The van der Waals surface area contributed by atoms with Crippen molar-refractivity contribution in [3.05, 3.63) is 63.9 Å². The lowest BCUT2D eigenvalue weighted by Gasteiger charge is -2.29. The van der Waals surface area contributed by atoms with Gasteiger partial charge in [-0.1, -0.05) is 30.4 Å². The number of allylic oxidation sites excluding steroid dienone is 1. The molecule has 126 valence electrons. The van der Waals surface area contributed by atoms with Crippen LogP contribution in [0.1, 0.15) is 28.2 Å². The Kier molecular flexibility index (Phi) is 3.67. The van der Waals surface area contributed by atoms with Crippen molar-refractivity contribution in [2.24, 2.45) is 15.9 Å². The van der Waals surface area contributed by atoms with E-state index < -0.39 is 0 Å². The molecule has 2 atom stereocenters. The molecule has 0 amide bonds. The monoisotopic (exact) mass is 350 g/mol. The normalized spacial score (nSPS) is 24.3. The predicted octanol–water partition coefficient (Wildman–Crippen LogP) is 4.47. The van der Waals surface area contributed by atoms with Gasteiger partial charge in [-0.05, 0) is 31.0 Å². The number of hydrogen-bond acceptors (Lipinski definition) is 5. The highest BCUT2D eigenvalue weighted by molar-refractivity contribution is 7.16. The molecule has 0 fully saturated rings. The predicted molar refractivity (Wildman–Crippen MR) is 99.9 cm³/mol. The summed E-state index contributed by atoms with van der Waals surface area (Å²) in [6.07, 6.45) is 6.75. The highest BCUT2D eigenvalue weighted by Crippen LogP contribution is 2.31. The quantitative estimate of drug-likeness (QED) is 0.750. The van der Waals surface area contributed by atoms with Gasteiger partial charge in [-0.25, -0.2) is 9.98 Å². The van der Waals surface area contributed by atoms with Crippen LogP contribution in [0.25, 0.3) is 0 Å². The molecule has 2 unspecified atom stereocenters. The van der Waals surface area contributed by atoms with Gasteiger partial charge in [0.25, 0.3) is 0 Å². The van der Waals surface area contributed by atoms with Crippen LogP contribution in [-0.4, -0.2) is 24.4 Å².